The predicted molar refractivity (Wildman–Crippen MR) is 220 cm³/mol. The van der Waals surface area contributed by atoms with Gasteiger partial charge >= 0.3 is 18.0 Å². The van der Waals surface area contributed by atoms with Gasteiger partial charge < -0.3 is 34.8 Å². The van der Waals surface area contributed by atoms with E-state index in [1.54, 1.807) is 20.8 Å². The Morgan fingerprint density at radius 2 is 1.51 bits per heavy atom. The van der Waals surface area contributed by atoms with Crippen LogP contribution in [0.5, 0.6) is 0 Å². The molecule has 11 atom stereocenters. The van der Waals surface area contributed by atoms with Crippen LogP contribution in [0.3, 0.4) is 0 Å². The van der Waals surface area contributed by atoms with Gasteiger partial charge in [0.25, 0.3) is 0 Å². The molecule has 0 aliphatic heterocycles. The van der Waals surface area contributed by atoms with Gasteiger partial charge in [0.15, 0.2) is 0 Å². The standard InChI is InChI=1S/C47H75NO9/c1-41(2,3)57-40(52)48-32(18-19-37(50)55-29-30-16-13-12-14-17-30)39(51)56-36-22-25-44(8)34(43(36,6)7)21-27-45(9)35(44)28-33(49)38-31(20-26-46(38,45)10)47(11,54)24-15-23-42(4,5)53/h12-14,16-17,31-36,38,49,53-54H,15,18-29H2,1-11H3,(H,48,52)/t31?,32-,33+,34+,35+,36-,38-,44-,45+,46+,47+/m0/s1. The van der Waals surface area contributed by atoms with E-state index >= 15 is 0 Å². The number of aliphatic hydroxyl groups is 3. The van der Waals surface area contributed by atoms with Crippen molar-refractivity contribution in [3.63, 3.8) is 0 Å². The summed E-state index contributed by atoms with van der Waals surface area (Å²) in [4.78, 5) is 39.8. The molecule has 1 unspecified atom stereocenters. The first-order valence-electron chi connectivity index (χ1n) is 21.8. The van der Waals surface area contributed by atoms with Gasteiger partial charge in [0, 0.05) is 11.8 Å². The number of alkyl carbamates (subject to hydrolysis) is 1. The highest BCUT2D eigenvalue weighted by Crippen LogP contribution is 2.76. The van der Waals surface area contributed by atoms with Gasteiger partial charge in [-0.2, -0.15) is 0 Å². The van der Waals surface area contributed by atoms with Crippen molar-refractivity contribution < 1.29 is 43.9 Å². The van der Waals surface area contributed by atoms with Crippen LogP contribution in [0.15, 0.2) is 30.3 Å². The number of fused-ring (bicyclic) bond motifs is 5. The normalized spacial score (nSPS) is 35.1. The Balaban J connectivity index is 1.29. The molecule has 4 aliphatic rings. The number of benzene rings is 1. The fraction of sp³-hybridized carbons (Fsp3) is 0.809. The van der Waals surface area contributed by atoms with E-state index in [4.69, 9.17) is 14.2 Å². The Morgan fingerprint density at radius 1 is 0.860 bits per heavy atom. The summed E-state index contributed by atoms with van der Waals surface area (Å²) in [6.45, 7) is 22.6. The monoisotopic (exact) mass is 798 g/mol. The highest BCUT2D eigenvalue weighted by molar-refractivity contribution is 5.82. The zero-order valence-electron chi connectivity index (χ0n) is 36.9. The van der Waals surface area contributed by atoms with E-state index in [0.717, 1.165) is 44.1 Å². The molecule has 4 aliphatic carbocycles. The highest BCUT2D eigenvalue weighted by atomic mass is 16.6. The van der Waals surface area contributed by atoms with Gasteiger partial charge in [0.1, 0.15) is 24.4 Å². The first-order chi connectivity index (χ1) is 26.2. The van der Waals surface area contributed by atoms with Gasteiger partial charge in [-0.25, -0.2) is 9.59 Å². The van der Waals surface area contributed by atoms with Crippen molar-refractivity contribution >= 4 is 18.0 Å². The Labute approximate surface area is 342 Å². The van der Waals surface area contributed by atoms with Crippen molar-refractivity contribution in [3.8, 4) is 0 Å². The molecule has 0 heterocycles. The number of nitrogens with one attached hydrogen (secondary N) is 1. The van der Waals surface area contributed by atoms with Gasteiger partial charge in [-0.1, -0.05) is 65.0 Å². The maximum atomic E-state index is 14.0. The number of aliphatic hydroxyl groups excluding tert-OH is 1. The summed E-state index contributed by atoms with van der Waals surface area (Å²) >= 11 is 0. The molecule has 5 rings (SSSR count). The van der Waals surface area contributed by atoms with Crippen molar-refractivity contribution in [1.82, 2.24) is 5.32 Å². The SMILES string of the molecule is CC(C)(O)CCC[C@@](C)(O)C1CC[C@]2(C)[C@@H]1[C@H](O)C[C@@H]1[C@@]3(C)CC[C@H](OC(=O)[C@H](CCC(=O)OCc4ccccc4)NC(=O)OC(C)(C)C)C(C)(C)[C@H]3CC[C@]12C. The maximum absolute atomic E-state index is 14.0. The van der Waals surface area contributed by atoms with Crippen LogP contribution in [0.2, 0.25) is 0 Å². The van der Waals surface area contributed by atoms with Crippen LogP contribution in [0.4, 0.5) is 4.79 Å². The molecule has 57 heavy (non-hydrogen) atoms. The van der Waals surface area contributed by atoms with Crippen LogP contribution in [0, 0.1) is 45.3 Å². The first kappa shape index (κ1) is 45.4. The summed E-state index contributed by atoms with van der Waals surface area (Å²) in [5, 5.41) is 37.1. The lowest BCUT2D eigenvalue weighted by Crippen LogP contribution is -2.67. The molecule has 1 aromatic carbocycles. The molecule has 10 nitrogen and oxygen atoms in total. The summed E-state index contributed by atoms with van der Waals surface area (Å²) in [6.07, 6.45) is 6.12. The molecule has 10 heteroatoms. The number of amides is 1. The minimum Gasteiger partial charge on any atom is -0.461 e. The van der Waals surface area contributed by atoms with Crippen LogP contribution < -0.4 is 5.32 Å². The third kappa shape index (κ3) is 9.54. The van der Waals surface area contributed by atoms with E-state index in [1.165, 1.54) is 0 Å². The molecular weight excluding hydrogens is 723 g/mol. The van der Waals surface area contributed by atoms with E-state index in [1.807, 2.05) is 51.1 Å². The van der Waals surface area contributed by atoms with Gasteiger partial charge in [-0.3, -0.25) is 4.79 Å². The summed E-state index contributed by atoms with van der Waals surface area (Å²) in [5.74, 6) is -0.620. The van der Waals surface area contributed by atoms with E-state index < -0.39 is 58.5 Å². The topological polar surface area (TPSA) is 152 Å². The number of carbonyl (C=O) groups is 3. The van der Waals surface area contributed by atoms with Crippen LogP contribution in [-0.4, -0.2) is 68.4 Å². The van der Waals surface area contributed by atoms with E-state index in [-0.39, 0.29) is 59.4 Å². The molecular formula is C47H75NO9. The van der Waals surface area contributed by atoms with E-state index in [9.17, 15) is 29.7 Å². The summed E-state index contributed by atoms with van der Waals surface area (Å²) < 4.78 is 17.3. The minimum atomic E-state index is -1.10. The number of esters is 2. The van der Waals surface area contributed by atoms with Crippen molar-refractivity contribution in [1.29, 1.82) is 0 Å². The Hall–Kier alpha value is -2.69. The van der Waals surface area contributed by atoms with Gasteiger partial charge in [-0.15, -0.1) is 0 Å². The zero-order chi connectivity index (χ0) is 42.4. The van der Waals surface area contributed by atoms with Crippen molar-refractivity contribution in [2.24, 2.45) is 45.3 Å². The number of carbonyl (C=O) groups excluding carboxylic acids is 3. The molecule has 0 saturated heterocycles. The molecule has 4 fully saturated rings. The molecule has 1 aromatic rings. The molecule has 0 aromatic heterocycles. The van der Waals surface area contributed by atoms with Crippen LogP contribution in [0.25, 0.3) is 0 Å². The third-order valence-corrected chi connectivity index (χ3v) is 15.7. The quantitative estimate of drug-likeness (QED) is 0.114. The number of ether oxygens (including phenoxy) is 3. The molecule has 0 spiro atoms. The first-order valence-corrected chi connectivity index (χ1v) is 21.8. The maximum Gasteiger partial charge on any atom is 0.408 e. The van der Waals surface area contributed by atoms with Crippen LogP contribution in [-0.2, 0) is 30.4 Å². The Bertz CT molecular complexity index is 1580. The van der Waals surface area contributed by atoms with E-state index in [0.29, 0.717) is 25.7 Å². The van der Waals surface area contributed by atoms with Crippen molar-refractivity contribution in [2.75, 3.05) is 0 Å². The van der Waals surface area contributed by atoms with Crippen molar-refractivity contribution in [2.45, 2.75) is 195 Å². The largest absolute Gasteiger partial charge is 0.461 e. The fourth-order valence-corrected chi connectivity index (χ4v) is 12.7. The smallest absolute Gasteiger partial charge is 0.408 e. The lowest BCUT2D eigenvalue weighted by atomic mass is 9.35. The lowest BCUT2D eigenvalue weighted by molar-refractivity contribution is -0.249. The second-order valence-electron chi connectivity index (χ2n) is 21.7. The lowest BCUT2D eigenvalue weighted by Gasteiger charge is -2.70. The van der Waals surface area contributed by atoms with E-state index in [2.05, 4.69) is 39.9 Å². The predicted octanol–water partition coefficient (Wildman–Crippen LogP) is 8.66. The summed E-state index contributed by atoms with van der Waals surface area (Å²) in [6, 6.07) is 8.27. The second kappa shape index (κ2) is 16.4. The highest BCUT2D eigenvalue weighted by Gasteiger charge is 2.71. The average Bonchev–Trinajstić information content (AvgIpc) is 3.48. The molecule has 322 valence electrons. The molecule has 4 N–H and O–H groups in total. The Kier molecular flexibility index (Phi) is 13.1. The fourth-order valence-electron chi connectivity index (χ4n) is 12.7. The molecule has 0 radical (unpaired) electrons. The Morgan fingerprint density at radius 3 is 2.14 bits per heavy atom. The average molecular weight is 798 g/mol. The van der Waals surface area contributed by atoms with Gasteiger partial charge in [0.05, 0.1) is 17.3 Å². The molecule has 0 bridgehead atoms. The van der Waals surface area contributed by atoms with Gasteiger partial charge in [-0.05, 0) is 158 Å². The number of rotatable bonds is 13. The van der Waals surface area contributed by atoms with Crippen LogP contribution >= 0.6 is 0 Å². The summed E-state index contributed by atoms with van der Waals surface area (Å²) in [5.41, 5.74) is -2.34. The zero-order valence-corrected chi connectivity index (χ0v) is 36.9. The minimum absolute atomic E-state index is 0.00532. The number of hydrogen-bond donors (Lipinski definition) is 4. The third-order valence-electron chi connectivity index (χ3n) is 15.7. The number of hydrogen-bond acceptors (Lipinski definition) is 9. The van der Waals surface area contributed by atoms with Crippen LogP contribution in [0.1, 0.15) is 159 Å². The molecule has 4 saturated carbocycles. The van der Waals surface area contributed by atoms with Crippen molar-refractivity contribution in [3.05, 3.63) is 35.9 Å². The van der Waals surface area contributed by atoms with Gasteiger partial charge in [0.2, 0.25) is 0 Å². The summed E-state index contributed by atoms with van der Waals surface area (Å²) in [7, 11) is 0. The second-order valence-corrected chi connectivity index (χ2v) is 21.7. The molecule has 1 amide bonds.